The number of rotatable bonds is 2. The van der Waals surface area contributed by atoms with E-state index in [1.165, 1.54) is 12.1 Å². The van der Waals surface area contributed by atoms with Gasteiger partial charge in [-0.05, 0) is 42.8 Å². The highest BCUT2D eigenvalue weighted by molar-refractivity contribution is 5.99. The van der Waals surface area contributed by atoms with Gasteiger partial charge in [0.1, 0.15) is 17.4 Å². The highest BCUT2D eigenvalue weighted by Crippen LogP contribution is 2.20. The molecule has 0 aliphatic heterocycles. The average Bonchev–Trinajstić information content (AvgIpc) is 2.37. The summed E-state index contributed by atoms with van der Waals surface area (Å²) in [7, 11) is 0. The summed E-state index contributed by atoms with van der Waals surface area (Å²) < 4.78 is 26.1. The zero-order chi connectivity index (χ0) is 14.7. The van der Waals surface area contributed by atoms with Crippen LogP contribution in [0.4, 0.5) is 25.0 Å². The van der Waals surface area contributed by atoms with Crippen molar-refractivity contribution in [1.29, 1.82) is 0 Å². The number of aryl methyl sites for hydroxylation is 1. The third-order valence-corrected chi connectivity index (χ3v) is 2.63. The van der Waals surface area contributed by atoms with Crippen molar-refractivity contribution in [3.8, 4) is 5.75 Å². The lowest BCUT2D eigenvalue weighted by molar-refractivity contribution is 0.262. The standard InChI is InChI=1S/C14H12F2N2O2/c1-8-6-10(3-5-13(8)19)17-14(20)18-12-4-2-9(15)7-11(12)16/h2-7,19H,1H3,(H2,17,18,20). The number of carbonyl (C=O) groups excluding carboxylic acids is 1. The van der Waals surface area contributed by atoms with Crippen LogP contribution in [0.15, 0.2) is 36.4 Å². The van der Waals surface area contributed by atoms with Crippen molar-refractivity contribution in [3.05, 3.63) is 53.6 Å². The number of carbonyl (C=O) groups is 1. The summed E-state index contributed by atoms with van der Waals surface area (Å²) in [5.41, 5.74) is 0.912. The molecule has 0 bridgehead atoms. The molecule has 2 rings (SSSR count). The van der Waals surface area contributed by atoms with Crippen molar-refractivity contribution in [2.45, 2.75) is 6.92 Å². The summed E-state index contributed by atoms with van der Waals surface area (Å²) in [5, 5.41) is 14.1. The summed E-state index contributed by atoms with van der Waals surface area (Å²) >= 11 is 0. The van der Waals surface area contributed by atoms with E-state index in [-0.39, 0.29) is 11.4 Å². The highest BCUT2D eigenvalue weighted by Gasteiger charge is 2.08. The Kier molecular flexibility index (Phi) is 3.84. The number of amides is 2. The maximum atomic E-state index is 13.4. The predicted molar refractivity (Wildman–Crippen MR) is 71.8 cm³/mol. The second-order valence-electron chi connectivity index (χ2n) is 4.20. The summed E-state index contributed by atoms with van der Waals surface area (Å²) in [5.74, 6) is -1.47. The lowest BCUT2D eigenvalue weighted by Gasteiger charge is -2.09. The first kappa shape index (κ1) is 13.8. The Morgan fingerprint density at radius 1 is 1.10 bits per heavy atom. The maximum absolute atomic E-state index is 13.4. The molecule has 0 atom stereocenters. The Balaban J connectivity index is 2.07. The highest BCUT2D eigenvalue weighted by atomic mass is 19.1. The second kappa shape index (κ2) is 5.56. The van der Waals surface area contributed by atoms with Crippen LogP contribution >= 0.6 is 0 Å². The van der Waals surface area contributed by atoms with Gasteiger partial charge in [0, 0.05) is 11.8 Å². The van der Waals surface area contributed by atoms with Gasteiger partial charge < -0.3 is 15.7 Å². The second-order valence-corrected chi connectivity index (χ2v) is 4.20. The van der Waals surface area contributed by atoms with Gasteiger partial charge in [-0.3, -0.25) is 0 Å². The molecule has 0 fully saturated rings. The average molecular weight is 278 g/mol. The lowest BCUT2D eigenvalue weighted by atomic mass is 10.2. The number of phenols is 1. The monoisotopic (exact) mass is 278 g/mol. The van der Waals surface area contributed by atoms with Gasteiger partial charge in [0.2, 0.25) is 0 Å². The number of phenolic OH excluding ortho intramolecular Hbond substituents is 1. The Hall–Kier alpha value is -2.63. The number of urea groups is 1. The van der Waals surface area contributed by atoms with Crippen LogP contribution in [0.1, 0.15) is 5.56 Å². The van der Waals surface area contributed by atoms with Gasteiger partial charge in [0.15, 0.2) is 0 Å². The fourth-order valence-corrected chi connectivity index (χ4v) is 1.61. The van der Waals surface area contributed by atoms with Crippen LogP contribution in [0.5, 0.6) is 5.75 Å². The summed E-state index contributed by atoms with van der Waals surface area (Å²) in [6.45, 7) is 1.68. The van der Waals surface area contributed by atoms with E-state index in [9.17, 15) is 18.7 Å². The number of anilines is 2. The number of benzene rings is 2. The summed E-state index contributed by atoms with van der Waals surface area (Å²) in [6.07, 6.45) is 0. The van der Waals surface area contributed by atoms with Gasteiger partial charge in [0.05, 0.1) is 5.69 Å². The van der Waals surface area contributed by atoms with Crippen LogP contribution < -0.4 is 10.6 Å². The molecule has 20 heavy (non-hydrogen) atoms. The number of halogens is 2. The van der Waals surface area contributed by atoms with Crippen molar-refractivity contribution < 1.29 is 18.7 Å². The van der Waals surface area contributed by atoms with E-state index in [1.807, 2.05) is 0 Å². The first-order valence-corrected chi connectivity index (χ1v) is 5.78. The fraction of sp³-hybridized carbons (Fsp3) is 0.0714. The van der Waals surface area contributed by atoms with Crippen molar-refractivity contribution in [2.24, 2.45) is 0 Å². The SMILES string of the molecule is Cc1cc(NC(=O)Nc2ccc(F)cc2F)ccc1O. The van der Waals surface area contributed by atoms with E-state index in [1.54, 1.807) is 13.0 Å². The van der Waals surface area contributed by atoms with Gasteiger partial charge in [-0.25, -0.2) is 13.6 Å². The van der Waals surface area contributed by atoms with E-state index >= 15 is 0 Å². The molecule has 4 nitrogen and oxygen atoms in total. The van der Waals surface area contributed by atoms with Crippen molar-refractivity contribution >= 4 is 17.4 Å². The Morgan fingerprint density at radius 3 is 2.50 bits per heavy atom. The number of hydrogen-bond donors (Lipinski definition) is 3. The van der Waals surface area contributed by atoms with E-state index in [0.29, 0.717) is 17.3 Å². The van der Waals surface area contributed by atoms with Gasteiger partial charge in [-0.1, -0.05) is 0 Å². The molecular weight excluding hydrogens is 266 g/mol. The zero-order valence-electron chi connectivity index (χ0n) is 10.6. The molecule has 0 heterocycles. The van der Waals surface area contributed by atoms with Crippen LogP contribution in [0, 0.1) is 18.6 Å². The third kappa shape index (κ3) is 3.23. The minimum Gasteiger partial charge on any atom is -0.508 e. The summed E-state index contributed by atoms with van der Waals surface area (Å²) in [6, 6.07) is 6.69. The largest absolute Gasteiger partial charge is 0.508 e. The fourth-order valence-electron chi connectivity index (χ4n) is 1.61. The van der Waals surface area contributed by atoms with E-state index in [2.05, 4.69) is 10.6 Å². The molecule has 0 aliphatic rings. The molecule has 0 saturated carbocycles. The lowest BCUT2D eigenvalue weighted by Crippen LogP contribution is -2.20. The minimum atomic E-state index is -0.859. The molecule has 0 unspecified atom stereocenters. The van der Waals surface area contributed by atoms with Gasteiger partial charge in [-0.15, -0.1) is 0 Å². The van der Waals surface area contributed by atoms with Crippen molar-refractivity contribution in [2.75, 3.05) is 10.6 Å². The van der Waals surface area contributed by atoms with Gasteiger partial charge in [0.25, 0.3) is 0 Å². The molecular formula is C14H12F2N2O2. The summed E-state index contributed by atoms with van der Waals surface area (Å²) in [4.78, 5) is 11.7. The van der Waals surface area contributed by atoms with Crippen LogP contribution in [0.25, 0.3) is 0 Å². The van der Waals surface area contributed by atoms with Crippen molar-refractivity contribution in [1.82, 2.24) is 0 Å². The Morgan fingerprint density at radius 2 is 1.85 bits per heavy atom. The molecule has 2 aromatic rings. The zero-order valence-corrected chi connectivity index (χ0v) is 10.6. The smallest absolute Gasteiger partial charge is 0.323 e. The Labute approximate surface area is 114 Å². The van der Waals surface area contributed by atoms with E-state index < -0.39 is 17.7 Å². The Bertz CT molecular complexity index is 660. The van der Waals surface area contributed by atoms with Gasteiger partial charge in [-0.2, -0.15) is 0 Å². The molecule has 0 aromatic heterocycles. The first-order valence-electron chi connectivity index (χ1n) is 5.78. The molecule has 0 radical (unpaired) electrons. The number of aromatic hydroxyl groups is 1. The number of hydrogen-bond acceptors (Lipinski definition) is 2. The molecule has 2 amide bonds. The minimum absolute atomic E-state index is 0.112. The molecule has 3 N–H and O–H groups in total. The first-order chi connectivity index (χ1) is 9.45. The number of nitrogens with one attached hydrogen (secondary N) is 2. The molecule has 0 spiro atoms. The van der Waals surface area contributed by atoms with E-state index in [4.69, 9.17) is 0 Å². The van der Waals surface area contributed by atoms with Crippen LogP contribution in [0.2, 0.25) is 0 Å². The topological polar surface area (TPSA) is 61.4 Å². The molecule has 0 aliphatic carbocycles. The van der Waals surface area contributed by atoms with Crippen LogP contribution in [0.3, 0.4) is 0 Å². The third-order valence-electron chi connectivity index (χ3n) is 2.63. The normalized spacial score (nSPS) is 10.2. The van der Waals surface area contributed by atoms with Crippen LogP contribution in [-0.4, -0.2) is 11.1 Å². The predicted octanol–water partition coefficient (Wildman–Crippen LogP) is 3.62. The quantitative estimate of drug-likeness (QED) is 0.735. The molecule has 2 aromatic carbocycles. The molecule has 6 heteroatoms. The van der Waals surface area contributed by atoms with Crippen molar-refractivity contribution in [3.63, 3.8) is 0 Å². The molecule has 0 saturated heterocycles. The van der Waals surface area contributed by atoms with Gasteiger partial charge >= 0.3 is 6.03 Å². The molecule has 104 valence electrons. The van der Waals surface area contributed by atoms with E-state index in [0.717, 1.165) is 12.1 Å². The maximum Gasteiger partial charge on any atom is 0.323 e. The van der Waals surface area contributed by atoms with Crippen LogP contribution in [-0.2, 0) is 0 Å².